The number of carboxylic acids is 1. The number of fused-ring (bicyclic) bond motifs is 1. The fourth-order valence-corrected chi connectivity index (χ4v) is 8.88. The highest BCUT2D eigenvalue weighted by molar-refractivity contribution is 5.90. The van der Waals surface area contributed by atoms with Gasteiger partial charge in [-0.3, -0.25) is 14.4 Å². The van der Waals surface area contributed by atoms with Gasteiger partial charge in [0.15, 0.2) is 58.4 Å². The molecular weight excluding hydrogens is 1140 g/mol. The van der Waals surface area contributed by atoms with Crippen LogP contribution in [0.25, 0.3) is 34.8 Å². The van der Waals surface area contributed by atoms with Gasteiger partial charge in [0.2, 0.25) is 18.3 Å². The van der Waals surface area contributed by atoms with Gasteiger partial charge >= 0.3 is 23.9 Å². The second-order valence-electron chi connectivity index (χ2n) is 19.1. The van der Waals surface area contributed by atoms with Gasteiger partial charge in [-0.1, -0.05) is 6.07 Å². The van der Waals surface area contributed by atoms with Gasteiger partial charge in [0, 0.05) is 29.8 Å². The minimum atomic E-state index is -2.15. The van der Waals surface area contributed by atoms with Crippen molar-refractivity contribution in [2.24, 2.45) is 0 Å². The van der Waals surface area contributed by atoms with Crippen molar-refractivity contribution in [3.8, 4) is 68.6 Å². The molecule has 0 unspecified atom stereocenters. The van der Waals surface area contributed by atoms with E-state index in [-0.39, 0.29) is 62.7 Å². The number of ether oxygens (including phenoxy) is 12. The monoisotopic (exact) mass is 1190 g/mol. The summed E-state index contributed by atoms with van der Waals surface area (Å²) in [5.41, 5.74) is -0.150. The molecule has 29 heteroatoms. The number of esters is 3. The summed E-state index contributed by atoms with van der Waals surface area (Å²) >= 11 is 0. The quantitative estimate of drug-likeness (QED) is 0.0198. The van der Waals surface area contributed by atoms with E-state index in [0.717, 1.165) is 24.3 Å². The van der Waals surface area contributed by atoms with Crippen LogP contribution in [0.5, 0.6) is 46.0 Å². The first-order valence-electron chi connectivity index (χ1n) is 25.6. The standard InChI is InChI=1S/C56H58O29/c1-73-34-14-24(4-11-30(34)59)5-12-41(63)76-22-39-47(69)49(71)53(85-55-52(44(66)31(60)21-78-55)84-42(64)13-6-25-15-35(74-2)45(67)36(16-25)75-3)56(83-39)81-37-19-29-32(79-51(37)26-7-9-27(57)10-8-26)17-28(58)18-33(29)80-54-50(72)48(70)46(68)38(82-54)23-77-43(65)20-40(61)62/h4-19,31,38-39,44,46-50,52-57,59-60,66-72H,20-23H2,1-3H3,(H,61,62)/t31-,38-,39-,44+,46-,47-,48+,49+,50-,52-,53-,54-,55+,56-/m1/s1. The fraction of sp³-hybridized carbons (Fsp3) is 0.375. The Morgan fingerprint density at radius 3 is 1.88 bits per heavy atom. The molecule has 3 aromatic rings. The number of carbonyl (C=O) groups is 4. The molecule has 0 radical (unpaired) electrons. The molecule has 3 aromatic carbocycles. The second-order valence-corrected chi connectivity index (χ2v) is 19.1. The predicted molar refractivity (Wildman–Crippen MR) is 282 cm³/mol. The summed E-state index contributed by atoms with van der Waals surface area (Å²) in [6.45, 7) is -2.29. The van der Waals surface area contributed by atoms with E-state index >= 15 is 0 Å². The summed E-state index contributed by atoms with van der Waals surface area (Å²) in [5.74, 6) is -6.92. The number of phenolic OH excluding ortho intramolecular Hbond substituents is 3. The zero-order valence-electron chi connectivity index (χ0n) is 44.9. The summed E-state index contributed by atoms with van der Waals surface area (Å²) in [6, 6.07) is 15.2. The number of benzene rings is 4. The first-order valence-corrected chi connectivity index (χ1v) is 25.6. The van der Waals surface area contributed by atoms with Crippen LogP contribution in [0.15, 0.2) is 94.2 Å². The number of aromatic hydroxyl groups is 3. The number of hydrogen-bond donors (Lipinski definition) is 11. The molecule has 1 aliphatic carbocycles. The summed E-state index contributed by atoms with van der Waals surface area (Å²) in [6.07, 6.45) is -23.7. The Balaban J connectivity index is 1.15. The van der Waals surface area contributed by atoms with E-state index in [1.54, 1.807) is 0 Å². The molecule has 8 rings (SSSR count). The van der Waals surface area contributed by atoms with Crippen LogP contribution < -0.4 is 29.1 Å². The number of carboxylic acid groups (broad SMARTS) is 1. The van der Waals surface area contributed by atoms with Gasteiger partial charge in [0.1, 0.15) is 91.8 Å². The molecule has 456 valence electrons. The van der Waals surface area contributed by atoms with E-state index in [1.165, 1.54) is 94.1 Å². The first-order chi connectivity index (χ1) is 40.5. The van der Waals surface area contributed by atoms with Gasteiger partial charge in [-0.2, -0.15) is 0 Å². The number of aliphatic hydroxyl groups is 7. The number of carbonyl (C=O) groups excluding carboxylic acids is 3. The van der Waals surface area contributed by atoms with Crippen molar-refractivity contribution < 1.29 is 137 Å². The van der Waals surface area contributed by atoms with Crippen LogP contribution in [0.3, 0.4) is 0 Å². The highest BCUT2D eigenvalue weighted by Crippen LogP contribution is 2.44. The molecule has 5 aliphatic rings. The Labute approximate surface area is 480 Å². The van der Waals surface area contributed by atoms with Crippen molar-refractivity contribution in [3.63, 3.8) is 0 Å². The molecule has 0 aromatic heterocycles. The molecule has 11 N–H and O–H groups in total. The lowest BCUT2D eigenvalue weighted by Gasteiger charge is -2.45. The zero-order chi connectivity index (χ0) is 61.4. The lowest BCUT2D eigenvalue weighted by Crippen LogP contribution is -2.64. The molecule has 85 heavy (non-hydrogen) atoms. The van der Waals surface area contributed by atoms with Crippen molar-refractivity contribution in [1.82, 2.24) is 0 Å². The number of hydrogen-bond acceptors (Lipinski definition) is 28. The van der Waals surface area contributed by atoms with Crippen LogP contribution in [0.2, 0.25) is 0 Å². The van der Waals surface area contributed by atoms with Gasteiger partial charge in [-0.15, -0.1) is 0 Å². The third kappa shape index (κ3) is 14.9. The van der Waals surface area contributed by atoms with E-state index in [4.69, 9.17) is 66.4 Å². The molecule has 0 spiro atoms. The van der Waals surface area contributed by atoms with E-state index in [9.17, 15) is 75.0 Å². The van der Waals surface area contributed by atoms with Crippen LogP contribution >= 0.6 is 0 Å². The molecule has 14 atom stereocenters. The number of methoxy groups -OCH3 is 3. The normalized spacial score (nSPS) is 26.8. The molecule has 4 aliphatic heterocycles. The highest BCUT2D eigenvalue weighted by atomic mass is 16.8. The first kappa shape index (κ1) is 62.5. The lowest BCUT2D eigenvalue weighted by atomic mass is 9.98. The largest absolute Gasteiger partial charge is 0.508 e. The highest BCUT2D eigenvalue weighted by Gasteiger charge is 2.52. The minimum absolute atomic E-state index is 0.0145. The van der Waals surface area contributed by atoms with Gasteiger partial charge in [0.05, 0.1) is 33.5 Å². The van der Waals surface area contributed by atoms with Crippen LogP contribution in [0, 0.1) is 0 Å². The van der Waals surface area contributed by atoms with Gasteiger partial charge in [-0.05, 0) is 77.9 Å². The summed E-state index contributed by atoms with van der Waals surface area (Å²) in [5, 5.41) is 118. The van der Waals surface area contributed by atoms with Gasteiger partial charge in [0.25, 0.3) is 0 Å². The summed E-state index contributed by atoms with van der Waals surface area (Å²) in [4.78, 5) is 63.0. The van der Waals surface area contributed by atoms with Gasteiger partial charge in [-0.25, -0.2) is 9.59 Å². The van der Waals surface area contributed by atoms with Crippen LogP contribution in [0.4, 0.5) is 0 Å². The predicted octanol–water partition coefficient (Wildman–Crippen LogP) is -0.0709. The zero-order valence-corrected chi connectivity index (χ0v) is 44.9. The average Bonchev–Trinajstić information content (AvgIpc) is 3.63. The number of phenols is 3. The summed E-state index contributed by atoms with van der Waals surface area (Å²) in [7, 11) is 3.88. The second kappa shape index (κ2) is 27.4. The molecule has 4 heterocycles. The Bertz CT molecular complexity index is 3240. The minimum Gasteiger partial charge on any atom is -0.508 e. The number of aliphatic hydroxyl groups excluding tert-OH is 7. The third-order valence-electron chi connectivity index (χ3n) is 13.3. The number of rotatable bonds is 21. The van der Waals surface area contributed by atoms with E-state index in [0.29, 0.717) is 5.56 Å². The molecule has 29 nitrogen and oxygen atoms in total. The lowest BCUT2D eigenvalue weighted by molar-refractivity contribution is -0.345. The van der Waals surface area contributed by atoms with Crippen LogP contribution in [-0.4, -0.2) is 207 Å². The van der Waals surface area contributed by atoms with E-state index < -0.39 is 153 Å². The maximum Gasteiger partial charge on any atom is 0.331 e. The Morgan fingerprint density at radius 2 is 1.21 bits per heavy atom. The van der Waals surface area contributed by atoms with E-state index in [1.807, 2.05) is 0 Å². The maximum atomic E-state index is 13.5. The Hall–Kier alpha value is -8.59. The number of aliphatic carboxylic acids is 1. The van der Waals surface area contributed by atoms with Crippen molar-refractivity contribution in [2.45, 2.75) is 92.4 Å². The molecule has 0 saturated carbocycles. The molecule has 3 saturated heterocycles. The van der Waals surface area contributed by atoms with Crippen LogP contribution in [0.1, 0.15) is 17.5 Å². The van der Waals surface area contributed by atoms with Gasteiger partial charge < -0.3 is 117 Å². The average molecular weight is 1200 g/mol. The Kier molecular flexibility index (Phi) is 20.1. The Morgan fingerprint density at radius 1 is 0.600 bits per heavy atom. The smallest absolute Gasteiger partial charge is 0.331 e. The molecule has 3 fully saturated rings. The topological polar surface area (TPSA) is 432 Å². The van der Waals surface area contributed by atoms with Crippen molar-refractivity contribution in [3.05, 3.63) is 106 Å². The summed E-state index contributed by atoms with van der Waals surface area (Å²) < 4.78 is 73.8. The SMILES string of the molecule is COc1cc(C=CC(=O)OC[C@H]2O[C@@H](Oc3cc4c(O[C@@H]5O[C@H](COC(=O)CC(=O)O)[C@@H](O)[C@H](O)[C@H]5O)cc(=O)cc-4oc3-c3ccc(O)cc3)[C@H](O[C@@H]3OC[C@@H](O)[C@H](O)[C@H]3OC(=O)C=Cc3cc(OC)c(O)c(OC)c3)[C@@H](O)[C@@H]2O)ccc1O. The van der Waals surface area contributed by atoms with Crippen molar-refractivity contribution in [2.75, 3.05) is 41.2 Å². The van der Waals surface area contributed by atoms with Crippen molar-refractivity contribution in [1.29, 1.82) is 0 Å². The molecule has 0 bridgehead atoms. The van der Waals surface area contributed by atoms with Crippen molar-refractivity contribution >= 4 is 36.0 Å². The molecule has 0 amide bonds. The third-order valence-corrected chi connectivity index (χ3v) is 13.3. The maximum absolute atomic E-state index is 13.5. The molecular formula is C56H58O29. The van der Waals surface area contributed by atoms with Crippen LogP contribution in [-0.2, 0) is 52.3 Å². The fourth-order valence-electron chi connectivity index (χ4n) is 8.88. The van der Waals surface area contributed by atoms with E-state index in [2.05, 4.69) is 0 Å².